The third-order valence-corrected chi connectivity index (χ3v) is 10.2. The van der Waals surface area contributed by atoms with E-state index in [0.717, 1.165) is 62.3 Å². The molecule has 12 heteroatoms. The Hall–Kier alpha value is -4.09. The third-order valence-electron chi connectivity index (χ3n) is 10.2. The van der Waals surface area contributed by atoms with Crippen LogP contribution < -0.4 is 5.32 Å². The normalized spacial score (nSPS) is 19.3. The maximum atomic E-state index is 16.3. The van der Waals surface area contributed by atoms with Crippen molar-refractivity contribution in [1.29, 1.82) is 0 Å². The minimum atomic E-state index is -0.887. The van der Waals surface area contributed by atoms with Crippen molar-refractivity contribution in [3.8, 4) is 0 Å². The first-order valence-electron chi connectivity index (χ1n) is 18.4. The Bertz CT molecular complexity index is 1570. The summed E-state index contributed by atoms with van der Waals surface area (Å²) in [7, 11) is 0. The van der Waals surface area contributed by atoms with E-state index in [1.807, 2.05) is 4.90 Å². The summed E-state index contributed by atoms with van der Waals surface area (Å²) in [4.78, 5) is 58.6. The Morgan fingerprint density at radius 3 is 2.25 bits per heavy atom. The Morgan fingerprint density at radius 2 is 1.57 bits per heavy atom. The van der Waals surface area contributed by atoms with Gasteiger partial charge in [-0.25, -0.2) is 18.0 Å². The molecule has 0 aromatic heterocycles. The molecule has 51 heavy (non-hydrogen) atoms. The number of benzene rings is 2. The van der Waals surface area contributed by atoms with E-state index in [-0.39, 0.29) is 36.0 Å². The molecule has 2 atom stereocenters. The van der Waals surface area contributed by atoms with E-state index >= 15 is 4.39 Å². The fraction of sp³-hybridized carbons (Fsp3) is 0.590. The van der Waals surface area contributed by atoms with Crippen molar-refractivity contribution in [2.75, 3.05) is 32.7 Å². The molecule has 5 rings (SSSR count). The second kappa shape index (κ2) is 17.0. The van der Waals surface area contributed by atoms with E-state index in [1.54, 1.807) is 32.9 Å². The molecule has 2 unspecified atom stereocenters. The molecule has 1 aliphatic carbocycles. The van der Waals surface area contributed by atoms with Crippen LogP contribution in [0.5, 0.6) is 0 Å². The van der Waals surface area contributed by atoms with E-state index in [4.69, 9.17) is 4.74 Å². The number of hydrogen-bond acceptors (Lipinski definition) is 5. The van der Waals surface area contributed by atoms with Gasteiger partial charge < -0.3 is 19.9 Å². The van der Waals surface area contributed by atoms with Crippen LogP contribution in [0.15, 0.2) is 36.4 Å². The molecule has 0 radical (unpaired) electrons. The highest BCUT2D eigenvalue weighted by Gasteiger charge is 2.36. The quantitative estimate of drug-likeness (QED) is 0.304. The highest BCUT2D eigenvalue weighted by molar-refractivity contribution is 5.98. The number of halogens is 3. The van der Waals surface area contributed by atoms with Gasteiger partial charge in [-0.1, -0.05) is 37.5 Å². The van der Waals surface area contributed by atoms with Crippen LogP contribution in [0.2, 0.25) is 0 Å². The molecule has 1 saturated carbocycles. The molecule has 2 heterocycles. The number of carbonyl (C=O) groups is 4. The van der Waals surface area contributed by atoms with E-state index in [1.165, 1.54) is 17.0 Å². The maximum Gasteiger partial charge on any atom is 0.411 e. The van der Waals surface area contributed by atoms with Crippen molar-refractivity contribution in [2.24, 2.45) is 5.92 Å². The van der Waals surface area contributed by atoms with Gasteiger partial charge in [0.15, 0.2) is 0 Å². The summed E-state index contributed by atoms with van der Waals surface area (Å²) in [6.07, 6.45) is 7.98. The van der Waals surface area contributed by atoms with Crippen LogP contribution >= 0.6 is 0 Å². The van der Waals surface area contributed by atoms with Crippen molar-refractivity contribution in [3.63, 3.8) is 0 Å². The predicted octanol–water partition coefficient (Wildman–Crippen LogP) is 6.94. The van der Waals surface area contributed by atoms with Crippen LogP contribution in [0.4, 0.5) is 18.0 Å². The van der Waals surface area contributed by atoms with E-state index in [0.29, 0.717) is 44.1 Å². The number of piperidine rings is 2. The summed E-state index contributed by atoms with van der Waals surface area (Å²) in [5.41, 5.74) is -0.705. The standard InChI is InChI=1S/C39H51F3N4O5/c1-39(2,3)51-38(50)46(24-28-17-18-29(40)22-32(28)41)25-33(47)45-21-11-14-27(23-45)30-15-10-16-31(34(30)42)36(48)43-35(26-12-6-4-7-13-26)37(49)44-19-8-5-9-20-44/h10,15-18,22,26-27,35H,4-9,11-14,19-21,23-25H2,1-3H3,(H,43,48). The smallest absolute Gasteiger partial charge is 0.411 e. The fourth-order valence-corrected chi connectivity index (χ4v) is 7.51. The summed E-state index contributed by atoms with van der Waals surface area (Å²) < 4.78 is 49.9. The molecule has 278 valence electrons. The monoisotopic (exact) mass is 712 g/mol. The third kappa shape index (κ3) is 10.0. The number of nitrogens with one attached hydrogen (secondary N) is 1. The first-order chi connectivity index (χ1) is 24.3. The minimum absolute atomic E-state index is 0.00100. The number of hydrogen-bond donors (Lipinski definition) is 1. The summed E-state index contributed by atoms with van der Waals surface area (Å²) in [5, 5.41) is 2.94. The number of carbonyl (C=O) groups excluding carboxylic acids is 4. The maximum absolute atomic E-state index is 16.3. The second-order valence-corrected chi connectivity index (χ2v) is 15.2. The van der Waals surface area contributed by atoms with Gasteiger partial charge >= 0.3 is 6.09 Å². The first-order valence-corrected chi connectivity index (χ1v) is 18.4. The van der Waals surface area contributed by atoms with Crippen molar-refractivity contribution in [1.82, 2.24) is 20.0 Å². The first kappa shape index (κ1) is 38.1. The molecular weight excluding hydrogens is 661 g/mol. The fourth-order valence-electron chi connectivity index (χ4n) is 7.51. The molecule has 4 amide bonds. The summed E-state index contributed by atoms with van der Waals surface area (Å²) in [5.74, 6) is -3.87. The number of nitrogens with zero attached hydrogens (tertiary/aromatic N) is 3. The van der Waals surface area contributed by atoms with Gasteiger partial charge in [-0.2, -0.15) is 0 Å². The van der Waals surface area contributed by atoms with Crippen LogP contribution in [-0.2, 0) is 20.9 Å². The van der Waals surface area contributed by atoms with E-state index < -0.39 is 59.5 Å². The van der Waals surface area contributed by atoms with Gasteiger partial charge in [0.05, 0.1) is 12.1 Å². The molecule has 3 fully saturated rings. The molecule has 2 aliphatic heterocycles. The average molecular weight is 713 g/mol. The lowest BCUT2D eigenvalue weighted by atomic mass is 9.83. The van der Waals surface area contributed by atoms with Crippen LogP contribution in [0.1, 0.15) is 112 Å². The molecule has 1 N–H and O–H groups in total. The molecule has 3 aliphatic rings. The van der Waals surface area contributed by atoms with Crippen molar-refractivity contribution in [3.05, 3.63) is 70.5 Å². The highest BCUT2D eigenvalue weighted by Crippen LogP contribution is 2.32. The number of amides is 4. The van der Waals surface area contributed by atoms with E-state index in [2.05, 4.69) is 5.32 Å². The van der Waals surface area contributed by atoms with Crippen molar-refractivity contribution >= 4 is 23.8 Å². The lowest BCUT2D eigenvalue weighted by Gasteiger charge is -2.36. The van der Waals surface area contributed by atoms with Crippen LogP contribution in [0.3, 0.4) is 0 Å². The van der Waals surface area contributed by atoms with Crippen LogP contribution in [0.25, 0.3) is 0 Å². The van der Waals surface area contributed by atoms with Crippen molar-refractivity contribution < 1.29 is 37.1 Å². The Balaban J connectivity index is 1.30. The average Bonchev–Trinajstić information content (AvgIpc) is 3.11. The molecule has 0 bridgehead atoms. The zero-order valence-corrected chi connectivity index (χ0v) is 30.0. The highest BCUT2D eigenvalue weighted by atomic mass is 19.1. The SMILES string of the molecule is CC(C)(C)OC(=O)N(CC(=O)N1CCCC(c2cccc(C(=O)NC(C(=O)N3CCCCC3)C3CCCCC3)c2F)C1)Cc1ccc(F)cc1F. The van der Waals surface area contributed by atoms with Gasteiger partial charge in [-0.05, 0) is 89.3 Å². The van der Waals surface area contributed by atoms with Gasteiger partial charge in [0.1, 0.15) is 35.6 Å². The lowest BCUT2D eigenvalue weighted by Crippen LogP contribution is -2.53. The van der Waals surface area contributed by atoms with Gasteiger partial charge in [0.25, 0.3) is 5.91 Å². The largest absolute Gasteiger partial charge is 0.444 e. The van der Waals surface area contributed by atoms with Gasteiger partial charge in [-0.3, -0.25) is 19.3 Å². The molecule has 2 saturated heterocycles. The Kier molecular flexibility index (Phi) is 12.7. The van der Waals surface area contributed by atoms with Crippen LogP contribution in [-0.4, -0.2) is 82.9 Å². The summed E-state index contributed by atoms with van der Waals surface area (Å²) in [6, 6.07) is 6.97. The molecular formula is C39H51F3N4O5. The Labute approximate surface area is 298 Å². The van der Waals surface area contributed by atoms with Gasteiger partial charge in [0.2, 0.25) is 11.8 Å². The molecule has 2 aromatic carbocycles. The summed E-state index contributed by atoms with van der Waals surface area (Å²) in [6.45, 7) is 6.10. The van der Waals surface area contributed by atoms with Gasteiger partial charge in [-0.15, -0.1) is 0 Å². The predicted molar refractivity (Wildman–Crippen MR) is 186 cm³/mol. The minimum Gasteiger partial charge on any atom is -0.444 e. The molecule has 2 aromatic rings. The number of rotatable bonds is 9. The van der Waals surface area contributed by atoms with Gasteiger partial charge in [0, 0.05) is 43.7 Å². The zero-order chi connectivity index (χ0) is 36.7. The summed E-state index contributed by atoms with van der Waals surface area (Å²) >= 11 is 0. The number of ether oxygens (including phenoxy) is 1. The second-order valence-electron chi connectivity index (χ2n) is 15.2. The molecule has 9 nitrogen and oxygen atoms in total. The van der Waals surface area contributed by atoms with Crippen molar-refractivity contribution in [2.45, 2.75) is 109 Å². The zero-order valence-electron chi connectivity index (χ0n) is 30.0. The number of likely N-dealkylation sites (tertiary alicyclic amines) is 2. The van der Waals surface area contributed by atoms with Crippen LogP contribution in [0, 0.1) is 23.4 Å². The Morgan fingerprint density at radius 1 is 0.882 bits per heavy atom. The topological polar surface area (TPSA) is 99.3 Å². The van der Waals surface area contributed by atoms with E-state index in [9.17, 15) is 28.0 Å². The lowest BCUT2D eigenvalue weighted by molar-refractivity contribution is -0.136. The molecule has 0 spiro atoms.